The highest BCUT2D eigenvalue weighted by atomic mass is 32.1. The van der Waals surface area contributed by atoms with Crippen molar-refractivity contribution in [3.63, 3.8) is 0 Å². The van der Waals surface area contributed by atoms with Crippen molar-refractivity contribution in [1.29, 1.82) is 0 Å². The Kier molecular flexibility index (Phi) is 3.48. The molecule has 0 unspecified atom stereocenters. The lowest BCUT2D eigenvalue weighted by Gasteiger charge is -1.99. The number of hydrogen-bond acceptors (Lipinski definition) is 3. The van der Waals surface area contributed by atoms with Crippen LogP contribution in [0.2, 0.25) is 0 Å². The first-order chi connectivity index (χ1) is 8.83. The van der Waals surface area contributed by atoms with Gasteiger partial charge in [-0.15, -0.1) is 11.3 Å². The molecule has 0 aromatic carbocycles. The normalized spacial score (nSPS) is 15.2. The minimum absolute atomic E-state index is 0.762. The number of aromatic nitrogens is 2. The first-order valence-electron chi connectivity index (χ1n) is 6.66. The zero-order chi connectivity index (χ0) is 12.4. The molecule has 1 saturated carbocycles. The van der Waals surface area contributed by atoms with Gasteiger partial charge in [-0.2, -0.15) is 5.10 Å². The van der Waals surface area contributed by atoms with Crippen LogP contribution in [0.15, 0.2) is 24.5 Å². The Morgan fingerprint density at radius 2 is 2.22 bits per heavy atom. The van der Waals surface area contributed by atoms with Crippen LogP contribution in [0.4, 0.5) is 0 Å². The van der Waals surface area contributed by atoms with Crippen LogP contribution in [0, 0.1) is 0 Å². The van der Waals surface area contributed by atoms with Gasteiger partial charge in [0.05, 0.1) is 12.7 Å². The van der Waals surface area contributed by atoms with Gasteiger partial charge in [0.15, 0.2) is 0 Å². The van der Waals surface area contributed by atoms with Gasteiger partial charge in [-0.05, 0) is 31.4 Å². The molecule has 0 saturated heterocycles. The van der Waals surface area contributed by atoms with Gasteiger partial charge in [-0.1, -0.05) is 6.92 Å². The van der Waals surface area contributed by atoms with Crippen molar-refractivity contribution in [2.24, 2.45) is 0 Å². The second-order valence-corrected chi connectivity index (χ2v) is 6.18. The zero-order valence-electron chi connectivity index (χ0n) is 10.7. The first kappa shape index (κ1) is 11.9. The Morgan fingerprint density at radius 1 is 1.39 bits per heavy atom. The molecule has 0 spiro atoms. The van der Waals surface area contributed by atoms with Crippen molar-refractivity contribution in [3.8, 4) is 0 Å². The maximum Gasteiger partial charge on any atom is 0.0752 e. The molecule has 0 atom stereocenters. The predicted molar refractivity (Wildman–Crippen MR) is 74.9 cm³/mol. The highest BCUT2D eigenvalue weighted by molar-refractivity contribution is 7.11. The third kappa shape index (κ3) is 3.00. The SMILES string of the molecule is CCc1ccc(Cn2cc(CNC3CC3)cn2)s1. The Bertz CT molecular complexity index is 511. The standard InChI is InChI=1S/C14H19N3S/c1-2-13-5-6-14(18-13)10-17-9-11(8-16-17)7-15-12-3-4-12/h5-6,8-9,12,15H,2-4,7,10H2,1H3. The Balaban J connectivity index is 1.58. The average Bonchev–Trinajstić information content (AvgIpc) is 2.93. The molecule has 1 N–H and O–H groups in total. The molecule has 0 radical (unpaired) electrons. The summed E-state index contributed by atoms with van der Waals surface area (Å²) in [7, 11) is 0. The molecule has 2 heterocycles. The van der Waals surface area contributed by atoms with Crippen molar-refractivity contribution in [2.75, 3.05) is 0 Å². The fourth-order valence-corrected chi connectivity index (χ4v) is 2.94. The summed E-state index contributed by atoms with van der Waals surface area (Å²) in [5.74, 6) is 0. The summed E-state index contributed by atoms with van der Waals surface area (Å²) in [4.78, 5) is 2.84. The monoisotopic (exact) mass is 261 g/mol. The summed E-state index contributed by atoms with van der Waals surface area (Å²) >= 11 is 1.89. The molecule has 96 valence electrons. The van der Waals surface area contributed by atoms with Crippen molar-refractivity contribution in [3.05, 3.63) is 39.8 Å². The van der Waals surface area contributed by atoms with Crippen LogP contribution in [0.25, 0.3) is 0 Å². The highest BCUT2D eigenvalue weighted by Crippen LogP contribution is 2.20. The summed E-state index contributed by atoms with van der Waals surface area (Å²) in [5, 5.41) is 7.94. The quantitative estimate of drug-likeness (QED) is 0.866. The minimum Gasteiger partial charge on any atom is -0.310 e. The van der Waals surface area contributed by atoms with Crippen LogP contribution in [-0.4, -0.2) is 15.8 Å². The van der Waals surface area contributed by atoms with Gasteiger partial charge < -0.3 is 5.32 Å². The van der Waals surface area contributed by atoms with Crippen molar-refractivity contribution >= 4 is 11.3 Å². The Hall–Kier alpha value is -1.13. The van der Waals surface area contributed by atoms with Crippen LogP contribution in [0.1, 0.15) is 35.1 Å². The van der Waals surface area contributed by atoms with E-state index in [1.807, 2.05) is 22.2 Å². The van der Waals surface area contributed by atoms with Crippen LogP contribution in [0.5, 0.6) is 0 Å². The third-order valence-corrected chi connectivity index (χ3v) is 4.46. The van der Waals surface area contributed by atoms with Crippen LogP contribution in [-0.2, 0) is 19.5 Å². The summed E-state index contributed by atoms with van der Waals surface area (Å²) in [6, 6.07) is 5.20. The molecular formula is C14H19N3S. The fourth-order valence-electron chi connectivity index (χ4n) is 1.99. The van der Waals surface area contributed by atoms with Crippen LogP contribution >= 0.6 is 11.3 Å². The van der Waals surface area contributed by atoms with E-state index in [0.29, 0.717) is 0 Å². The molecular weight excluding hydrogens is 242 g/mol. The Labute approximate surface area is 112 Å². The van der Waals surface area contributed by atoms with Gasteiger partial charge in [0.1, 0.15) is 0 Å². The van der Waals surface area contributed by atoms with E-state index in [2.05, 4.69) is 35.7 Å². The number of nitrogens with zero attached hydrogens (tertiary/aromatic N) is 2. The number of aryl methyl sites for hydroxylation is 1. The maximum absolute atomic E-state index is 4.43. The summed E-state index contributed by atoms with van der Waals surface area (Å²) in [6.45, 7) is 4.05. The maximum atomic E-state index is 4.43. The second-order valence-electron chi connectivity index (χ2n) is 4.92. The molecule has 0 aliphatic heterocycles. The third-order valence-electron chi connectivity index (χ3n) is 3.24. The summed E-state index contributed by atoms with van der Waals surface area (Å²) in [5.41, 5.74) is 1.29. The molecule has 1 aliphatic rings. The molecule has 0 amide bonds. The van der Waals surface area contributed by atoms with Crippen LogP contribution < -0.4 is 5.32 Å². The molecule has 18 heavy (non-hydrogen) atoms. The topological polar surface area (TPSA) is 29.9 Å². The van der Waals surface area contributed by atoms with Gasteiger partial charge in [-0.25, -0.2) is 0 Å². The van der Waals surface area contributed by atoms with Crippen molar-refractivity contribution in [1.82, 2.24) is 15.1 Å². The van der Waals surface area contributed by atoms with Crippen molar-refractivity contribution in [2.45, 2.75) is 45.3 Å². The first-order valence-corrected chi connectivity index (χ1v) is 7.47. The molecule has 3 rings (SSSR count). The lowest BCUT2D eigenvalue weighted by molar-refractivity contribution is 0.678. The number of thiophene rings is 1. The summed E-state index contributed by atoms with van der Waals surface area (Å²) in [6.07, 6.45) is 7.93. The summed E-state index contributed by atoms with van der Waals surface area (Å²) < 4.78 is 2.04. The lowest BCUT2D eigenvalue weighted by Crippen LogP contribution is -2.14. The van der Waals surface area contributed by atoms with Gasteiger partial charge in [0.2, 0.25) is 0 Å². The largest absolute Gasteiger partial charge is 0.310 e. The van der Waals surface area contributed by atoms with E-state index in [1.165, 1.54) is 28.2 Å². The van der Waals surface area contributed by atoms with E-state index in [0.717, 1.165) is 25.6 Å². The second kappa shape index (κ2) is 5.24. The predicted octanol–water partition coefficient (Wildman–Crippen LogP) is 2.81. The van der Waals surface area contributed by atoms with Gasteiger partial charge >= 0.3 is 0 Å². The number of nitrogens with one attached hydrogen (secondary N) is 1. The van der Waals surface area contributed by atoms with E-state index in [9.17, 15) is 0 Å². The lowest BCUT2D eigenvalue weighted by atomic mass is 10.3. The molecule has 1 aliphatic carbocycles. The van der Waals surface area contributed by atoms with Gasteiger partial charge in [0.25, 0.3) is 0 Å². The molecule has 2 aromatic rings. The zero-order valence-corrected chi connectivity index (χ0v) is 11.5. The minimum atomic E-state index is 0.762. The number of hydrogen-bond donors (Lipinski definition) is 1. The van der Waals surface area contributed by atoms with Crippen LogP contribution in [0.3, 0.4) is 0 Å². The van der Waals surface area contributed by atoms with Crippen molar-refractivity contribution < 1.29 is 0 Å². The molecule has 0 bridgehead atoms. The molecule has 2 aromatic heterocycles. The fraction of sp³-hybridized carbons (Fsp3) is 0.500. The van der Waals surface area contributed by atoms with E-state index in [-0.39, 0.29) is 0 Å². The van der Waals surface area contributed by atoms with E-state index >= 15 is 0 Å². The molecule has 3 nitrogen and oxygen atoms in total. The van der Waals surface area contributed by atoms with Gasteiger partial charge in [-0.3, -0.25) is 4.68 Å². The highest BCUT2D eigenvalue weighted by Gasteiger charge is 2.20. The average molecular weight is 261 g/mol. The molecule has 4 heteroatoms. The Morgan fingerprint density at radius 3 is 2.94 bits per heavy atom. The number of rotatable bonds is 6. The van der Waals surface area contributed by atoms with E-state index < -0.39 is 0 Å². The van der Waals surface area contributed by atoms with E-state index in [1.54, 1.807) is 0 Å². The molecule has 1 fully saturated rings. The smallest absolute Gasteiger partial charge is 0.0752 e. The van der Waals surface area contributed by atoms with E-state index in [4.69, 9.17) is 0 Å². The van der Waals surface area contributed by atoms with Gasteiger partial charge in [0, 0.05) is 34.1 Å².